The molecule has 1 amide bonds. The molecule has 0 bridgehead atoms. The zero-order chi connectivity index (χ0) is 15.2. The third kappa shape index (κ3) is 2.09. The fraction of sp³-hybridized carbons (Fsp3) is 0.667. The summed E-state index contributed by atoms with van der Waals surface area (Å²) >= 11 is 2.74. The Morgan fingerprint density at radius 1 is 1.62 bits per heavy atom. The van der Waals surface area contributed by atoms with Crippen molar-refractivity contribution >= 4 is 37.0 Å². The second-order valence-electron chi connectivity index (χ2n) is 5.96. The summed E-state index contributed by atoms with van der Waals surface area (Å²) in [6.07, 6.45) is 6.72. The molecule has 3 rings (SSSR count). The number of amides is 1. The molecule has 21 heavy (non-hydrogen) atoms. The summed E-state index contributed by atoms with van der Waals surface area (Å²) in [5.41, 5.74) is 0.995. The van der Waals surface area contributed by atoms with E-state index in [-0.39, 0.29) is 17.9 Å². The molecular weight excluding hydrogens is 405 g/mol. The molecule has 6 heteroatoms. The summed E-state index contributed by atoms with van der Waals surface area (Å²) in [5, 5.41) is 13.7. The van der Waals surface area contributed by atoms with Gasteiger partial charge < -0.3 is 0 Å². The second-order valence-corrected chi connectivity index (χ2v) is 11.5. The van der Waals surface area contributed by atoms with Crippen LogP contribution in [0.3, 0.4) is 0 Å². The van der Waals surface area contributed by atoms with E-state index in [4.69, 9.17) is 11.6 Å². The maximum absolute atomic E-state index is 13.0. The molecule has 0 aromatic heterocycles. The van der Waals surface area contributed by atoms with Crippen LogP contribution < -0.4 is 5.32 Å². The Labute approximate surface area is 136 Å². The van der Waals surface area contributed by atoms with Gasteiger partial charge in [0.25, 0.3) is 0 Å². The molecule has 0 saturated carbocycles. The average molecular weight is 425 g/mol. The van der Waals surface area contributed by atoms with Crippen LogP contribution in [0.1, 0.15) is 32.6 Å². The molecule has 0 spiro atoms. The molecule has 1 saturated heterocycles. The third-order valence-corrected chi connectivity index (χ3v) is 11.1. The second kappa shape index (κ2) is 5.77. The van der Waals surface area contributed by atoms with E-state index in [1.807, 2.05) is 13.0 Å². The van der Waals surface area contributed by atoms with Gasteiger partial charge in [0, 0.05) is 0 Å². The van der Waals surface area contributed by atoms with E-state index >= 15 is 0 Å². The van der Waals surface area contributed by atoms with E-state index in [1.165, 1.54) is 0 Å². The molecule has 2 aliphatic heterocycles. The van der Waals surface area contributed by atoms with E-state index in [2.05, 4.69) is 11.4 Å². The van der Waals surface area contributed by atoms with Crippen LogP contribution >= 0.6 is 11.6 Å². The standard InChI is InChI=1S/C15H20ClNO3Te/c1-9-11(7-8-16)12-15(21(9)20,14(19)17-12)13(18)10-5-3-2-4-6-10/h3,5,10,12-13,18H,2,4,6-8H2,1H3,(H,17,19)/t10-,12+,13+,15+/m1/s1. The summed E-state index contributed by atoms with van der Waals surface area (Å²) in [5.74, 6) is 0.156. The number of aliphatic hydroxyl groups excluding tert-OH is 1. The number of carbonyl (C=O) groups is 1. The molecule has 4 nitrogen and oxygen atoms in total. The van der Waals surface area contributed by atoms with Crippen molar-refractivity contribution in [3.63, 3.8) is 0 Å². The Kier molecular flexibility index (Phi) is 4.31. The van der Waals surface area contributed by atoms with Gasteiger partial charge in [-0.15, -0.1) is 0 Å². The van der Waals surface area contributed by atoms with Crippen LogP contribution in [0, 0.1) is 5.92 Å². The minimum atomic E-state index is -3.10. The number of halogens is 1. The molecule has 0 unspecified atom stereocenters. The molecule has 2 N–H and O–H groups in total. The Morgan fingerprint density at radius 2 is 2.38 bits per heavy atom. The third-order valence-electron chi connectivity index (χ3n) is 4.95. The number of hydrogen-bond acceptors (Lipinski definition) is 3. The van der Waals surface area contributed by atoms with Gasteiger partial charge >= 0.3 is 137 Å². The molecule has 0 radical (unpaired) electrons. The zero-order valence-electron chi connectivity index (χ0n) is 12.0. The summed E-state index contributed by atoms with van der Waals surface area (Å²) in [4.78, 5) is 12.3. The van der Waals surface area contributed by atoms with Crippen LogP contribution in [0.25, 0.3) is 0 Å². The fourth-order valence-electron chi connectivity index (χ4n) is 3.77. The summed E-state index contributed by atoms with van der Waals surface area (Å²) in [6, 6.07) is -0.261. The Morgan fingerprint density at radius 3 is 2.95 bits per heavy atom. The van der Waals surface area contributed by atoms with E-state index < -0.39 is 29.1 Å². The molecule has 1 fully saturated rings. The summed E-state index contributed by atoms with van der Waals surface area (Å²) in [6.45, 7) is 1.85. The van der Waals surface area contributed by atoms with Crippen LogP contribution in [0.2, 0.25) is 3.46 Å². The normalized spacial score (nSPS) is 37.2. The quantitative estimate of drug-likeness (QED) is 0.313. The maximum atomic E-state index is 13.0. The molecule has 0 aromatic carbocycles. The number of carbonyl (C=O) groups excluding carboxylic acids is 1. The van der Waals surface area contributed by atoms with Crippen molar-refractivity contribution in [2.75, 3.05) is 5.88 Å². The zero-order valence-corrected chi connectivity index (χ0v) is 15.1. The van der Waals surface area contributed by atoms with E-state index in [1.54, 1.807) is 0 Å². The summed E-state index contributed by atoms with van der Waals surface area (Å²) < 4.78 is 12.8. The van der Waals surface area contributed by atoms with Gasteiger partial charge in [0.15, 0.2) is 0 Å². The van der Waals surface area contributed by atoms with Gasteiger partial charge in [-0.05, 0) is 0 Å². The van der Waals surface area contributed by atoms with Crippen molar-refractivity contribution in [3.8, 4) is 0 Å². The number of aliphatic hydroxyl groups is 1. The molecular formula is C15H20ClNO3Te. The van der Waals surface area contributed by atoms with Gasteiger partial charge in [-0.2, -0.15) is 0 Å². The first-order valence-corrected chi connectivity index (χ1v) is 11.2. The SMILES string of the molecule is CC1=C(CCCl)[C@@H]2NC(=O)[C@]2([C@@H](O)[C@@H]2C=CCCC2)[Te]1=O. The Bertz CT molecular complexity index is 559. The van der Waals surface area contributed by atoms with Crippen molar-refractivity contribution in [2.24, 2.45) is 5.92 Å². The van der Waals surface area contributed by atoms with Crippen LogP contribution in [0.5, 0.6) is 0 Å². The predicted molar refractivity (Wildman–Crippen MR) is 81.6 cm³/mol. The summed E-state index contributed by atoms with van der Waals surface area (Å²) in [7, 11) is 0. The molecule has 1 aliphatic carbocycles. The van der Waals surface area contributed by atoms with Gasteiger partial charge in [-0.1, -0.05) is 0 Å². The monoisotopic (exact) mass is 427 g/mol. The van der Waals surface area contributed by atoms with Gasteiger partial charge in [0.1, 0.15) is 0 Å². The van der Waals surface area contributed by atoms with E-state index in [9.17, 15) is 13.0 Å². The van der Waals surface area contributed by atoms with Gasteiger partial charge in [-0.25, -0.2) is 0 Å². The topological polar surface area (TPSA) is 66.4 Å². The van der Waals surface area contributed by atoms with Crippen LogP contribution in [-0.4, -0.2) is 48.6 Å². The van der Waals surface area contributed by atoms with E-state index in [0.29, 0.717) is 12.3 Å². The first-order valence-electron chi connectivity index (χ1n) is 7.38. The van der Waals surface area contributed by atoms with Crippen LogP contribution in [0.15, 0.2) is 21.3 Å². The van der Waals surface area contributed by atoms with Crippen molar-refractivity contribution in [1.82, 2.24) is 5.32 Å². The number of β-lactam (4-membered cyclic amide) rings is 1. The van der Waals surface area contributed by atoms with Crippen molar-refractivity contribution in [3.05, 3.63) is 21.3 Å². The van der Waals surface area contributed by atoms with Gasteiger partial charge in [0.2, 0.25) is 0 Å². The number of alkyl halides is 1. The predicted octanol–water partition coefficient (Wildman–Crippen LogP) is 1.86. The van der Waals surface area contributed by atoms with Crippen LogP contribution in [-0.2, 0) is 7.90 Å². The molecule has 4 atom stereocenters. The van der Waals surface area contributed by atoms with Gasteiger partial charge in [-0.3, -0.25) is 0 Å². The first-order chi connectivity index (χ1) is 10.0. The van der Waals surface area contributed by atoms with Crippen molar-refractivity contribution in [1.29, 1.82) is 0 Å². The Hall–Kier alpha value is -0.210. The number of rotatable bonds is 4. The van der Waals surface area contributed by atoms with Crippen molar-refractivity contribution < 1.29 is 13.0 Å². The first kappa shape index (κ1) is 15.7. The average Bonchev–Trinajstić information content (AvgIpc) is 2.66. The van der Waals surface area contributed by atoms with Crippen LogP contribution in [0.4, 0.5) is 0 Å². The number of nitrogens with one attached hydrogen (secondary N) is 1. The number of hydrogen-bond donors (Lipinski definition) is 2. The van der Waals surface area contributed by atoms with Crippen molar-refractivity contribution in [2.45, 2.75) is 48.2 Å². The van der Waals surface area contributed by atoms with E-state index in [0.717, 1.165) is 28.5 Å². The number of fused-ring (bicyclic) bond motifs is 1. The molecule has 0 aromatic rings. The fourth-order valence-corrected chi connectivity index (χ4v) is 9.69. The molecule has 3 aliphatic rings. The van der Waals surface area contributed by atoms with Gasteiger partial charge in [0.05, 0.1) is 0 Å². The minimum absolute atomic E-state index is 0.0622. The molecule has 116 valence electrons. The number of allylic oxidation sites excluding steroid dienone is 2. The molecule has 2 heterocycles. The Balaban J connectivity index is 1.96.